The predicted molar refractivity (Wildman–Crippen MR) is 78.3 cm³/mol. The molecule has 0 aliphatic carbocycles. The van der Waals surface area contributed by atoms with E-state index in [1.54, 1.807) is 14.2 Å². The van der Waals surface area contributed by atoms with Crippen LogP contribution in [0.25, 0.3) is 0 Å². The third-order valence-electron chi connectivity index (χ3n) is 3.61. The fourth-order valence-corrected chi connectivity index (χ4v) is 2.64. The first-order chi connectivity index (χ1) is 9.22. The van der Waals surface area contributed by atoms with E-state index in [1.807, 2.05) is 18.2 Å². The van der Waals surface area contributed by atoms with Crippen molar-refractivity contribution in [2.45, 2.75) is 38.3 Å². The first-order valence-corrected chi connectivity index (χ1v) is 6.95. The van der Waals surface area contributed by atoms with Gasteiger partial charge in [0.1, 0.15) is 11.5 Å². The molecule has 1 aromatic rings. The molecule has 0 spiro atoms. The third kappa shape index (κ3) is 3.77. The van der Waals surface area contributed by atoms with Crippen molar-refractivity contribution in [2.24, 2.45) is 0 Å². The van der Waals surface area contributed by atoms with Crippen LogP contribution in [-0.2, 0) is 0 Å². The summed E-state index contributed by atoms with van der Waals surface area (Å²) in [6, 6.07) is 6.86. The van der Waals surface area contributed by atoms with Gasteiger partial charge in [-0.15, -0.1) is 0 Å². The Hall–Kier alpha value is -1.42. The fourth-order valence-electron chi connectivity index (χ4n) is 2.64. The van der Waals surface area contributed by atoms with Crippen molar-refractivity contribution in [3.8, 4) is 11.5 Å². The maximum Gasteiger partial charge on any atom is 0.142 e. The second kappa shape index (κ2) is 6.66. The van der Waals surface area contributed by atoms with Gasteiger partial charge in [-0.05, 0) is 44.9 Å². The van der Waals surface area contributed by atoms with E-state index in [4.69, 9.17) is 9.47 Å². The number of anilines is 1. The van der Waals surface area contributed by atoms with E-state index >= 15 is 0 Å². The van der Waals surface area contributed by atoms with Crippen molar-refractivity contribution in [3.63, 3.8) is 0 Å². The van der Waals surface area contributed by atoms with Crippen LogP contribution in [0.2, 0.25) is 0 Å². The van der Waals surface area contributed by atoms with Crippen LogP contribution >= 0.6 is 0 Å². The van der Waals surface area contributed by atoms with Crippen molar-refractivity contribution in [1.29, 1.82) is 0 Å². The van der Waals surface area contributed by atoms with Crippen LogP contribution in [0.15, 0.2) is 18.2 Å². The summed E-state index contributed by atoms with van der Waals surface area (Å²) in [4.78, 5) is 0. The maximum absolute atomic E-state index is 5.38. The number of benzene rings is 1. The summed E-state index contributed by atoms with van der Waals surface area (Å²) in [6.45, 7) is 3.36. The second-order valence-electron chi connectivity index (χ2n) is 5.14. The molecule has 19 heavy (non-hydrogen) atoms. The Morgan fingerprint density at radius 3 is 2.84 bits per heavy atom. The first kappa shape index (κ1) is 14.0. The SMILES string of the molecule is COc1ccc(OC)c(NC(C)CC2CCCN2)c1. The first-order valence-electron chi connectivity index (χ1n) is 6.95. The molecular weight excluding hydrogens is 240 g/mol. The van der Waals surface area contributed by atoms with Crippen LogP contribution in [0, 0.1) is 0 Å². The fraction of sp³-hybridized carbons (Fsp3) is 0.600. The highest BCUT2D eigenvalue weighted by Gasteiger charge is 2.17. The average Bonchev–Trinajstić information content (AvgIpc) is 2.91. The van der Waals surface area contributed by atoms with E-state index in [9.17, 15) is 0 Å². The van der Waals surface area contributed by atoms with Crippen LogP contribution in [0.3, 0.4) is 0 Å². The number of rotatable bonds is 6. The van der Waals surface area contributed by atoms with Gasteiger partial charge < -0.3 is 20.1 Å². The van der Waals surface area contributed by atoms with E-state index < -0.39 is 0 Å². The van der Waals surface area contributed by atoms with Gasteiger partial charge in [0.05, 0.1) is 19.9 Å². The molecule has 4 heteroatoms. The minimum Gasteiger partial charge on any atom is -0.497 e. The van der Waals surface area contributed by atoms with Gasteiger partial charge in [0, 0.05) is 18.2 Å². The van der Waals surface area contributed by atoms with Gasteiger partial charge in [-0.3, -0.25) is 0 Å². The lowest BCUT2D eigenvalue weighted by Crippen LogP contribution is -2.29. The molecular formula is C15H24N2O2. The lowest BCUT2D eigenvalue weighted by molar-refractivity contribution is 0.403. The number of ether oxygens (including phenoxy) is 2. The van der Waals surface area contributed by atoms with Crippen LogP contribution in [0.5, 0.6) is 11.5 Å². The number of nitrogens with one attached hydrogen (secondary N) is 2. The van der Waals surface area contributed by atoms with Crippen LogP contribution in [-0.4, -0.2) is 32.8 Å². The summed E-state index contributed by atoms with van der Waals surface area (Å²) >= 11 is 0. The van der Waals surface area contributed by atoms with E-state index in [0.29, 0.717) is 12.1 Å². The summed E-state index contributed by atoms with van der Waals surface area (Å²) < 4.78 is 10.6. The maximum atomic E-state index is 5.38. The normalized spacial score (nSPS) is 20.1. The lowest BCUT2D eigenvalue weighted by Gasteiger charge is -2.21. The van der Waals surface area contributed by atoms with Crippen LogP contribution in [0.1, 0.15) is 26.2 Å². The molecule has 1 aromatic carbocycles. The highest BCUT2D eigenvalue weighted by molar-refractivity contribution is 5.60. The zero-order valence-electron chi connectivity index (χ0n) is 12.0. The molecule has 1 fully saturated rings. The Morgan fingerprint density at radius 2 is 2.21 bits per heavy atom. The van der Waals surface area contributed by atoms with Crippen molar-refractivity contribution < 1.29 is 9.47 Å². The zero-order valence-corrected chi connectivity index (χ0v) is 12.0. The van der Waals surface area contributed by atoms with E-state index in [1.165, 1.54) is 12.8 Å². The van der Waals surface area contributed by atoms with Crippen LogP contribution in [0.4, 0.5) is 5.69 Å². The highest BCUT2D eigenvalue weighted by atomic mass is 16.5. The molecule has 0 saturated carbocycles. The number of hydrogen-bond acceptors (Lipinski definition) is 4. The van der Waals surface area contributed by atoms with Gasteiger partial charge in [0.2, 0.25) is 0 Å². The molecule has 1 heterocycles. The summed E-state index contributed by atoms with van der Waals surface area (Å²) in [5.74, 6) is 1.70. The molecule has 2 rings (SSSR count). The molecule has 0 amide bonds. The van der Waals surface area contributed by atoms with Crippen molar-refractivity contribution >= 4 is 5.69 Å². The third-order valence-corrected chi connectivity index (χ3v) is 3.61. The molecule has 0 aromatic heterocycles. The summed E-state index contributed by atoms with van der Waals surface area (Å²) in [6.07, 6.45) is 3.70. The molecule has 4 nitrogen and oxygen atoms in total. The molecule has 0 radical (unpaired) electrons. The highest BCUT2D eigenvalue weighted by Crippen LogP contribution is 2.30. The Labute approximate surface area is 115 Å². The number of methoxy groups -OCH3 is 2. The Balaban J connectivity index is 1.99. The van der Waals surface area contributed by atoms with Gasteiger partial charge >= 0.3 is 0 Å². The molecule has 0 bridgehead atoms. The monoisotopic (exact) mass is 264 g/mol. The lowest BCUT2D eigenvalue weighted by atomic mass is 10.1. The summed E-state index contributed by atoms with van der Waals surface area (Å²) in [5, 5.41) is 7.05. The summed E-state index contributed by atoms with van der Waals surface area (Å²) in [7, 11) is 3.37. The molecule has 1 saturated heterocycles. The number of hydrogen-bond donors (Lipinski definition) is 2. The topological polar surface area (TPSA) is 42.5 Å². The minimum absolute atomic E-state index is 0.400. The van der Waals surface area contributed by atoms with Crippen molar-refractivity contribution in [2.75, 3.05) is 26.1 Å². The van der Waals surface area contributed by atoms with Gasteiger partial charge in [-0.2, -0.15) is 0 Å². The van der Waals surface area contributed by atoms with Gasteiger partial charge in [0.25, 0.3) is 0 Å². The second-order valence-corrected chi connectivity index (χ2v) is 5.14. The molecule has 1 aliphatic rings. The van der Waals surface area contributed by atoms with Crippen molar-refractivity contribution in [3.05, 3.63) is 18.2 Å². The van der Waals surface area contributed by atoms with Gasteiger partial charge in [-0.25, -0.2) is 0 Å². The zero-order chi connectivity index (χ0) is 13.7. The summed E-state index contributed by atoms with van der Waals surface area (Å²) in [5.41, 5.74) is 0.993. The van der Waals surface area contributed by atoms with E-state index in [0.717, 1.165) is 30.2 Å². The molecule has 2 atom stereocenters. The Bertz CT molecular complexity index is 403. The average molecular weight is 264 g/mol. The van der Waals surface area contributed by atoms with Crippen LogP contribution < -0.4 is 20.1 Å². The van der Waals surface area contributed by atoms with E-state index in [2.05, 4.69) is 17.6 Å². The quantitative estimate of drug-likeness (QED) is 0.829. The van der Waals surface area contributed by atoms with Gasteiger partial charge in [-0.1, -0.05) is 0 Å². The largest absolute Gasteiger partial charge is 0.497 e. The van der Waals surface area contributed by atoms with Crippen molar-refractivity contribution in [1.82, 2.24) is 5.32 Å². The smallest absolute Gasteiger partial charge is 0.142 e. The predicted octanol–water partition coefficient (Wildman–Crippen LogP) is 2.65. The molecule has 106 valence electrons. The minimum atomic E-state index is 0.400. The standard InChI is InChI=1S/C15H24N2O2/c1-11(9-12-5-4-8-16-12)17-14-10-13(18-2)6-7-15(14)19-3/h6-7,10-12,16-17H,4-5,8-9H2,1-3H3. The Kier molecular flexibility index (Phi) is 4.91. The van der Waals surface area contributed by atoms with E-state index in [-0.39, 0.29) is 0 Å². The molecule has 2 unspecified atom stereocenters. The molecule has 1 aliphatic heterocycles. The van der Waals surface area contributed by atoms with Gasteiger partial charge in [0.15, 0.2) is 0 Å². The molecule has 2 N–H and O–H groups in total. The Morgan fingerprint density at radius 1 is 1.37 bits per heavy atom.